The number of amides is 2. The van der Waals surface area contributed by atoms with Gasteiger partial charge in [0.2, 0.25) is 10.0 Å². The van der Waals surface area contributed by atoms with Gasteiger partial charge in [0, 0.05) is 31.9 Å². The number of nitrogens with one attached hydrogen (secondary N) is 1. The molecule has 1 aliphatic rings. The van der Waals surface area contributed by atoms with E-state index in [1.54, 1.807) is 29.2 Å². The molecule has 34 heavy (non-hydrogen) atoms. The predicted octanol–water partition coefficient (Wildman–Crippen LogP) is 3.55. The number of nitrogens with zero attached hydrogens (tertiary/aromatic N) is 2. The van der Waals surface area contributed by atoms with Gasteiger partial charge >= 0.3 is 6.03 Å². The van der Waals surface area contributed by atoms with Gasteiger partial charge in [-0.2, -0.15) is 0 Å². The molecule has 1 saturated heterocycles. The molecule has 1 fully saturated rings. The maximum Gasteiger partial charge on any atom is 0.321 e. The van der Waals surface area contributed by atoms with E-state index in [0.717, 1.165) is 11.1 Å². The summed E-state index contributed by atoms with van der Waals surface area (Å²) >= 11 is 0. The van der Waals surface area contributed by atoms with Gasteiger partial charge in [0.1, 0.15) is 11.6 Å². The third kappa shape index (κ3) is 5.58. The number of primary sulfonamides is 1. The zero-order valence-corrected chi connectivity index (χ0v) is 19.0. The standard InChI is InChI=1S/C24H24F2N4O3S/c25-19-5-1-17(2-6-19)23(18-3-7-20(26)8-4-18)29-13-15-30(16-14-29)24(31)28-21-9-11-22(12-10-21)34(27,32)33/h1-12,23H,13-16H2,(H,28,31)(H2,27,32,33). The van der Waals surface area contributed by atoms with Gasteiger partial charge in [0.25, 0.3) is 0 Å². The van der Waals surface area contributed by atoms with Crippen LogP contribution in [0.5, 0.6) is 0 Å². The number of sulfonamides is 1. The molecular weight excluding hydrogens is 462 g/mol. The van der Waals surface area contributed by atoms with E-state index in [1.807, 2.05) is 0 Å². The summed E-state index contributed by atoms with van der Waals surface area (Å²) in [7, 11) is -3.80. The van der Waals surface area contributed by atoms with Crippen molar-refractivity contribution in [3.8, 4) is 0 Å². The third-order valence-electron chi connectivity index (χ3n) is 5.77. The Labute approximate surface area is 196 Å². The van der Waals surface area contributed by atoms with Crippen LogP contribution in [0.1, 0.15) is 17.2 Å². The fourth-order valence-electron chi connectivity index (χ4n) is 4.02. The molecule has 2 amide bonds. The van der Waals surface area contributed by atoms with Crippen molar-refractivity contribution in [2.75, 3.05) is 31.5 Å². The van der Waals surface area contributed by atoms with E-state index in [2.05, 4.69) is 10.2 Å². The summed E-state index contributed by atoms with van der Waals surface area (Å²) in [5.74, 6) is -0.666. The molecule has 0 atom stereocenters. The van der Waals surface area contributed by atoms with E-state index in [9.17, 15) is 22.0 Å². The number of carbonyl (C=O) groups excluding carboxylic acids is 1. The lowest BCUT2D eigenvalue weighted by Crippen LogP contribution is -2.51. The van der Waals surface area contributed by atoms with Gasteiger partial charge in [-0.05, 0) is 59.7 Å². The van der Waals surface area contributed by atoms with Gasteiger partial charge < -0.3 is 10.2 Å². The lowest BCUT2D eigenvalue weighted by atomic mass is 9.96. The van der Waals surface area contributed by atoms with E-state index in [1.165, 1.54) is 48.5 Å². The molecule has 4 rings (SSSR count). The van der Waals surface area contributed by atoms with Gasteiger partial charge in [-0.25, -0.2) is 27.1 Å². The van der Waals surface area contributed by atoms with Crippen molar-refractivity contribution >= 4 is 21.7 Å². The van der Waals surface area contributed by atoms with Crippen LogP contribution >= 0.6 is 0 Å². The van der Waals surface area contributed by atoms with Gasteiger partial charge in [-0.3, -0.25) is 4.90 Å². The van der Waals surface area contributed by atoms with Crippen molar-refractivity contribution in [1.29, 1.82) is 0 Å². The summed E-state index contributed by atoms with van der Waals surface area (Å²) in [6.45, 7) is 1.99. The summed E-state index contributed by atoms with van der Waals surface area (Å²) < 4.78 is 49.7. The second-order valence-corrected chi connectivity index (χ2v) is 9.59. The monoisotopic (exact) mass is 486 g/mol. The number of halogens is 2. The Morgan fingerprint density at radius 2 is 1.26 bits per heavy atom. The molecule has 7 nitrogen and oxygen atoms in total. The average Bonchev–Trinajstić information content (AvgIpc) is 2.82. The summed E-state index contributed by atoms with van der Waals surface area (Å²) in [6.07, 6.45) is 0. The molecule has 0 saturated carbocycles. The SMILES string of the molecule is NS(=O)(=O)c1ccc(NC(=O)N2CCN(C(c3ccc(F)cc3)c3ccc(F)cc3)CC2)cc1. The zero-order valence-electron chi connectivity index (χ0n) is 18.2. The van der Waals surface area contributed by atoms with Crippen LogP contribution in [0.15, 0.2) is 77.7 Å². The van der Waals surface area contributed by atoms with Gasteiger partial charge in [-0.15, -0.1) is 0 Å². The van der Waals surface area contributed by atoms with Crippen LogP contribution in [-0.2, 0) is 10.0 Å². The molecule has 3 aromatic carbocycles. The van der Waals surface area contributed by atoms with Crippen molar-refractivity contribution in [1.82, 2.24) is 9.80 Å². The number of hydrogen-bond donors (Lipinski definition) is 2. The second-order valence-electron chi connectivity index (χ2n) is 8.03. The zero-order chi connectivity index (χ0) is 24.3. The van der Waals surface area contributed by atoms with Crippen molar-refractivity contribution < 1.29 is 22.0 Å². The van der Waals surface area contributed by atoms with Crippen LogP contribution in [0.4, 0.5) is 19.3 Å². The Kier molecular flexibility index (Phi) is 6.92. The third-order valence-corrected chi connectivity index (χ3v) is 6.70. The minimum absolute atomic E-state index is 0.0354. The molecule has 0 unspecified atom stereocenters. The molecule has 0 spiro atoms. The molecule has 0 aliphatic carbocycles. The Hall–Kier alpha value is -3.34. The molecule has 178 valence electrons. The Bertz CT molecular complexity index is 1200. The Balaban J connectivity index is 1.44. The molecule has 0 aromatic heterocycles. The second kappa shape index (κ2) is 9.88. The number of anilines is 1. The number of urea groups is 1. The highest BCUT2D eigenvalue weighted by Gasteiger charge is 2.28. The normalized spacial score (nSPS) is 14.9. The molecule has 1 aliphatic heterocycles. The number of nitrogens with two attached hydrogens (primary N) is 1. The first-order valence-corrected chi connectivity index (χ1v) is 12.2. The Morgan fingerprint density at radius 3 is 1.71 bits per heavy atom. The number of piperazine rings is 1. The van der Waals surface area contributed by atoms with Crippen molar-refractivity contribution in [2.24, 2.45) is 5.14 Å². The van der Waals surface area contributed by atoms with E-state index in [0.29, 0.717) is 31.9 Å². The highest BCUT2D eigenvalue weighted by molar-refractivity contribution is 7.89. The van der Waals surface area contributed by atoms with Crippen molar-refractivity contribution in [2.45, 2.75) is 10.9 Å². The van der Waals surface area contributed by atoms with Crippen LogP contribution in [-0.4, -0.2) is 50.4 Å². The number of hydrogen-bond acceptors (Lipinski definition) is 4. The molecular formula is C24H24F2N4O3S. The summed E-state index contributed by atoms with van der Waals surface area (Å²) in [5, 5.41) is 7.86. The highest BCUT2D eigenvalue weighted by Crippen LogP contribution is 2.30. The molecule has 3 aromatic rings. The van der Waals surface area contributed by atoms with Gasteiger partial charge in [-0.1, -0.05) is 24.3 Å². The lowest BCUT2D eigenvalue weighted by molar-refractivity contribution is 0.126. The van der Waals surface area contributed by atoms with Gasteiger partial charge in [0.05, 0.1) is 10.9 Å². The first-order valence-electron chi connectivity index (χ1n) is 10.6. The highest BCUT2D eigenvalue weighted by atomic mass is 32.2. The summed E-state index contributed by atoms with van der Waals surface area (Å²) in [4.78, 5) is 16.5. The molecule has 3 N–H and O–H groups in total. The van der Waals surface area contributed by atoms with Crippen LogP contribution in [0.25, 0.3) is 0 Å². The van der Waals surface area contributed by atoms with Crippen LogP contribution in [0.3, 0.4) is 0 Å². The quantitative estimate of drug-likeness (QED) is 0.577. The lowest BCUT2D eigenvalue weighted by Gasteiger charge is -2.39. The number of carbonyl (C=O) groups is 1. The molecule has 10 heteroatoms. The summed E-state index contributed by atoms with van der Waals surface area (Å²) in [6, 6.07) is 17.6. The van der Waals surface area contributed by atoms with Gasteiger partial charge in [0.15, 0.2) is 0 Å². The maximum absolute atomic E-state index is 13.5. The average molecular weight is 487 g/mol. The fourth-order valence-corrected chi connectivity index (χ4v) is 4.53. The number of rotatable bonds is 5. The minimum Gasteiger partial charge on any atom is -0.322 e. The number of benzene rings is 3. The first-order chi connectivity index (χ1) is 16.2. The van der Waals surface area contributed by atoms with Crippen LogP contribution < -0.4 is 10.5 Å². The maximum atomic E-state index is 13.5. The van der Waals surface area contributed by atoms with Crippen molar-refractivity contribution in [3.05, 3.63) is 95.6 Å². The van der Waals surface area contributed by atoms with E-state index in [-0.39, 0.29) is 28.6 Å². The van der Waals surface area contributed by atoms with Crippen LogP contribution in [0, 0.1) is 11.6 Å². The largest absolute Gasteiger partial charge is 0.322 e. The topological polar surface area (TPSA) is 95.7 Å². The summed E-state index contributed by atoms with van der Waals surface area (Å²) in [5.41, 5.74) is 2.21. The predicted molar refractivity (Wildman–Crippen MR) is 125 cm³/mol. The fraction of sp³-hybridized carbons (Fsp3) is 0.208. The molecule has 0 radical (unpaired) electrons. The van der Waals surface area contributed by atoms with E-state index in [4.69, 9.17) is 5.14 Å². The van der Waals surface area contributed by atoms with E-state index < -0.39 is 10.0 Å². The Morgan fingerprint density at radius 1 is 0.794 bits per heavy atom. The molecule has 1 heterocycles. The van der Waals surface area contributed by atoms with Crippen molar-refractivity contribution in [3.63, 3.8) is 0 Å². The van der Waals surface area contributed by atoms with E-state index >= 15 is 0 Å². The smallest absolute Gasteiger partial charge is 0.321 e. The molecule has 0 bridgehead atoms. The van der Waals surface area contributed by atoms with Crippen LogP contribution in [0.2, 0.25) is 0 Å². The minimum atomic E-state index is -3.80. The first kappa shape index (κ1) is 23.8.